The van der Waals surface area contributed by atoms with Crippen LogP contribution in [0.3, 0.4) is 0 Å². The summed E-state index contributed by atoms with van der Waals surface area (Å²) in [6.07, 6.45) is 1.44. The van der Waals surface area contributed by atoms with Gasteiger partial charge in [-0.15, -0.1) is 11.3 Å². The zero-order valence-corrected chi connectivity index (χ0v) is 18.4. The fourth-order valence-corrected chi connectivity index (χ4v) is 2.99. The van der Waals surface area contributed by atoms with E-state index in [4.69, 9.17) is 4.74 Å². The van der Waals surface area contributed by atoms with E-state index in [9.17, 15) is 4.79 Å². The molecule has 1 amide bonds. The van der Waals surface area contributed by atoms with E-state index in [2.05, 4.69) is 32.9 Å². The van der Waals surface area contributed by atoms with Crippen molar-refractivity contribution in [3.63, 3.8) is 0 Å². The SMILES string of the molecule is CCCN(CCNC(=NCCc1csc(C)n1)NCC)C(=O)OC(C)(C)C. The van der Waals surface area contributed by atoms with Crippen molar-refractivity contribution < 1.29 is 9.53 Å². The highest BCUT2D eigenvalue weighted by Gasteiger charge is 2.21. The minimum absolute atomic E-state index is 0.271. The fraction of sp³-hybridized carbons (Fsp3) is 0.737. The van der Waals surface area contributed by atoms with Crippen molar-refractivity contribution in [2.75, 3.05) is 32.7 Å². The molecule has 0 atom stereocenters. The second-order valence-corrected chi connectivity index (χ2v) is 8.32. The van der Waals surface area contributed by atoms with Crippen LogP contribution in [0.25, 0.3) is 0 Å². The Bertz CT molecular complexity index is 595. The summed E-state index contributed by atoms with van der Waals surface area (Å²) in [5.74, 6) is 0.755. The third kappa shape index (κ3) is 10.2. The number of carbonyl (C=O) groups is 1. The Morgan fingerprint density at radius 1 is 1.30 bits per heavy atom. The maximum Gasteiger partial charge on any atom is 0.410 e. The van der Waals surface area contributed by atoms with E-state index < -0.39 is 5.60 Å². The molecule has 0 aliphatic carbocycles. The van der Waals surface area contributed by atoms with E-state index in [1.807, 2.05) is 34.6 Å². The number of rotatable bonds is 9. The Morgan fingerprint density at radius 2 is 2.04 bits per heavy atom. The van der Waals surface area contributed by atoms with Crippen LogP contribution in [0.15, 0.2) is 10.4 Å². The third-order valence-corrected chi connectivity index (χ3v) is 4.29. The van der Waals surface area contributed by atoms with Gasteiger partial charge in [-0.2, -0.15) is 0 Å². The normalized spacial score (nSPS) is 12.0. The number of guanidine groups is 1. The van der Waals surface area contributed by atoms with Crippen molar-refractivity contribution in [1.82, 2.24) is 20.5 Å². The van der Waals surface area contributed by atoms with E-state index in [1.54, 1.807) is 16.2 Å². The number of aryl methyl sites for hydroxylation is 1. The first kappa shape index (κ1) is 23.2. The lowest BCUT2D eigenvalue weighted by molar-refractivity contribution is 0.0253. The first-order valence-corrected chi connectivity index (χ1v) is 10.5. The van der Waals surface area contributed by atoms with Gasteiger partial charge in [-0.05, 0) is 41.0 Å². The number of ether oxygens (including phenoxy) is 1. The molecule has 0 aromatic carbocycles. The van der Waals surface area contributed by atoms with Crippen LogP contribution in [0.5, 0.6) is 0 Å². The van der Waals surface area contributed by atoms with Gasteiger partial charge >= 0.3 is 6.09 Å². The minimum atomic E-state index is -0.485. The topological polar surface area (TPSA) is 78.9 Å². The number of hydrogen-bond acceptors (Lipinski definition) is 5. The molecule has 0 saturated heterocycles. The molecule has 1 aromatic heterocycles. The van der Waals surface area contributed by atoms with Gasteiger partial charge in [0.05, 0.1) is 10.7 Å². The summed E-state index contributed by atoms with van der Waals surface area (Å²) < 4.78 is 5.48. The van der Waals surface area contributed by atoms with Gasteiger partial charge in [-0.1, -0.05) is 6.92 Å². The number of amides is 1. The molecule has 7 nitrogen and oxygen atoms in total. The lowest BCUT2D eigenvalue weighted by Crippen LogP contribution is -2.44. The van der Waals surface area contributed by atoms with Gasteiger partial charge in [0.15, 0.2) is 5.96 Å². The second kappa shape index (κ2) is 11.8. The Balaban J connectivity index is 2.50. The highest BCUT2D eigenvalue weighted by molar-refractivity contribution is 7.09. The van der Waals surface area contributed by atoms with Crippen molar-refractivity contribution in [1.29, 1.82) is 0 Å². The van der Waals surface area contributed by atoms with Gasteiger partial charge in [0.25, 0.3) is 0 Å². The Kier molecular flexibility index (Phi) is 10.1. The van der Waals surface area contributed by atoms with Crippen molar-refractivity contribution in [3.8, 4) is 0 Å². The smallest absolute Gasteiger partial charge is 0.410 e. The summed E-state index contributed by atoms with van der Waals surface area (Å²) in [7, 11) is 0. The number of nitrogens with zero attached hydrogens (tertiary/aromatic N) is 3. The molecule has 8 heteroatoms. The second-order valence-electron chi connectivity index (χ2n) is 7.26. The van der Waals surface area contributed by atoms with E-state index in [0.29, 0.717) is 26.2 Å². The van der Waals surface area contributed by atoms with Gasteiger partial charge in [0.2, 0.25) is 0 Å². The van der Waals surface area contributed by atoms with Crippen LogP contribution >= 0.6 is 11.3 Å². The molecule has 0 radical (unpaired) electrons. The molecule has 1 rings (SSSR count). The summed E-state index contributed by atoms with van der Waals surface area (Å²) in [5.41, 5.74) is 0.595. The molecule has 0 aliphatic rings. The summed E-state index contributed by atoms with van der Waals surface area (Å²) >= 11 is 1.66. The van der Waals surface area contributed by atoms with E-state index >= 15 is 0 Å². The van der Waals surface area contributed by atoms with E-state index in [-0.39, 0.29) is 6.09 Å². The fourth-order valence-electron chi connectivity index (χ4n) is 2.35. The summed E-state index contributed by atoms with van der Waals surface area (Å²) in [4.78, 5) is 23.1. The maximum atomic E-state index is 12.3. The van der Waals surface area contributed by atoms with Crippen LogP contribution < -0.4 is 10.6 Å². The first-order valence-electron chi connectivity index (χ1n) is 9.66. The van der Waals surface area contributed by atoms with Crippen molar-refractivity contribution >= 4 is 23.4 Å². The van der Waals surface area contributed by atoms with Crippen molar-refractivity contribution in [2.45, 2.75) is 60.0 Å². The number of thiazole rings is 1. The van der Waals surface area contributed by atoms with Gasteiger partial charge < -0.3 is 20.3 Å². The molecule has 0 unspecified atom stereocenters. The van der Waals surface area contributed by atoms with Crippen LogP contribution in [0.4, 0.5) is 4.79 Å². The molecule has 0 saturated carbocycles. The van der Waals surface area contributed by atoms with Crippen molar-refractivity contribution in [3.05, 3.63) is 16.1 Å². The number of aromatic nitrogens is 1. The van der Waals surface area contributed by atoms with Gasteiger partial charge in [0.1, 0.15) is 5.60 Å². The highest BCUT2D eigenvalue weighted by atomic mass is 32.1. The van der Waals surface area contributed by atoms with Gasteiger partial charge in [-0.3, -0.25) is 4.99 Å². The lowest BCUT2D eigenvalue weighted by Gasteiger charge is -2.27. The van der Waals surface area contributed by atoms with Crippen LogP contribution in [0.2, 0.25) is 0 Å². The summed E-state index contributed by atoms with van der Waals surface area (Å²) in [5, 5.41) is 9.68. The molecule has 1 heterocycles. The maximum absolute atomic E-state index is 12.3. The third-order valence-electron chi connectivity index (χ3n) is 3.47. The monoisotopic (exact) mass is 397 g/mol. The lowest BCUT2D eigenvalue weighted by atomic mass is 10.2. The molecule has 2 N–H and O–H groups in total. The zero-order chi connectivity index (χ0) is 20.3. The van der Waals surface area contributed by atoms with Crippen LogP contribution in [0, 0.1) is 6.92 Å². The summed E-state index contributed by atoms with van der Waals surface area (Å²) in [6.45, 7) is 15.0. The molecule has 0 bridgehead atoms. The minimum Gasteiger partial charge on any atom is -0.444 e. The molecule has 0 spiro atoms. The average Bonchev–Trinajstić information content (AvgIpc) is 2.97. The summed E-state index contributed by atoms with van der Waals surface area (Å²) in [6, 6.07) is 0. The van der Waals surface area contributed by atoms with Crippen molar-refractivity contribution in [2.24, 2.45) is 4.99 Å². The Labute approximate surface area is 167 Å². The first-order chi connectivity index (χ1) is 12.7. The molecule has 0 aliphatic heterocycles. The molecular weight excluding hydrogens is 362 g/mol. The molecule has 154 valence electrons. The molecule has 27 heavy (non-hydrogen) atoms. The van der Waals surface area contributed by atoms with Gasteiger partial charge in [-0.25, -0.2) is 9.78 Å². The van der Waals surface area contributed by atoms with E-state index in [1.165, 1.54) is 0 Å². The number of hydrogen-bond donors (Lipinski definition) is 2. The van der Waals surface area contributed by atoms with Gasteiger partial charge in [0, 0.05) is 44.5 Å². The number of aliphatic imine (C=N–C) groups is 1. The average molecular weight is 398 g/mol. The molecular formula is C19H35N5O2S. The number of carbonyl (C=O) groups excluding carboxylic acids is 1. The van der Waals surface area contributed by atoms with Crippen LogP contribution in [0.1, 0.15) is 51.7 Å². The standard InChI is InChI=1S/C19H35N5O2S/c1-7-12-24(18(25)26-19(4,5)6)13-11-22-17(20-8-2)21-10-9-16-14-27-15(3)23-16/h14H,7-13H2,1-6H3,(H2,20,21,22). The predicted molar refractivity (Wildman–Crippen MR) is 113 cm³/mol. The van der Waals surface area contributed by atoms with E-state index in [0.717, 1.165) is 36.0 Å². The van der Waals surface area contributed by atoms with Crippen LogP contribution in [-0.4, -0.2) is 60.3 Å². The highest BCUT2D eigenvalue weighted by Crippen LogP contribution is 2.10. The zero-order valence-electron chi connectivity index (χ0n) is 17.6. The quantitative estimate of drug-likeness (QED) is 0.494. The molecule has 1 aromatic rings. The molecule has 0 fully saturated rings. The Morgan fingerprint density at radius 3 is 2.59 bits per heavy atom. The Hall–Kier alpha value is -1.83. The largest absolute Gasteiger partial charge is 0.444 e. The van der Waals surface area contributed by atoms with Crippen LogP contribution in [-0.2, 0) is 11.2 Å². The number of nitrogens with one attached hydrogen (secondary N) is 2. The predicted octanol–water partition coefficient (Wildman–Crippen LogP) is 3.20.